The number of hydroxylamine groups is 2. The lowest BCUT2D eigenvalue weighted by Gasteiger charge is -2.31. The number of hydrogen-bond acceptors (Lipinski definition) is 6. The van der Waals surface area contributed by atoms with Gasteiger partial charge in [-0.25, -0.2) is 14.4 Å². The van der Waals surface area contributed by atoms with Crippen molar-refractivity contribution in [2.24, 2.45) is 0 Å². The summed E-state index contributed by atoms with van der Waals surface area (Å²) in [6.45, 7) is 1.20. The van der Waals surface area contributed by atoms with Crippen molar-refractivity contribution in [3.63, 3.8) is 0 Å². The van der Waals surface area contributed by atoms with Gasteiger partial charge in [0.15, 0.2) is 5.69 Å². The molecule has 2 unspecified atom stereocenters. The Bertz CT molecular complexity index is 1280. The maximum absolute atomic E-state index is 14.1. The predicted octanol–water partition coefficient (Wildman–Crippen LogP) is 2.52. The molecule has 0 saturated carbocycles. The smallest absolute Gasteiger partial charge is 0.270 e. The average Bonchev–Trinajstić information content (AvgIpc) is 3.12. The number of hydrogen-bond donors (Lipinski definition) is 0. The molecule has 11 heteroatoms. The van der Waals surface area contributed by atoms with E-state index in [1.54, 1.807) is 25.1 Å². The molecule has 32 heavy (non-hydrogen) atoms. The van der Waals surface area contributed by atoms with Crippen LogP contribution in [0.2, 0.25) is 10.0 Å². The summed E-state index contributed by atoms with van der Waals surface area (Å²) in [5.74, 6) is -4.70. The number of quaternary nitrogens is 1. The molecule has 2 fully saturated rings. The second-order valence-corrected chi connectivity index (χ2v) is 8.31. The van der Waals surface area contributed by atoms with Gasteiger partial charge in [-0.1, -0.05) is 41.4 Å². The first kappa shape index (κ1) is 20.8. The number of para-hydroxylation sites is 1. The molecule has 2 aromatic carbocycles. The topological polar surface area (TPSA) is 101 Å². The van der Waals surface area contributed by atoms with E-state index in [9.17, 15) is 24.0 Å². The summed E-state index contributed by atoms with van der Waals surface area (Å²) in [7, 11) is 0. The highest BCUT2D eigenvalue weighted by molar-refractivity contribution is 6.53. The molecule has 0 radical (unpaired) electrons. The number of urea groups is 1. The first-order valence-corrected chi connectivity index (χ1v) is 10.4. The number of benzene rings is 2. The van der Waals surface area contributed by atoms with E-state index < -0.39 is 39.7 Å². The molecular weight excluding hydrogens is 461 g/mol. The third kappa shape index (κ3) is 2.18. The zero-order valence-corrected chi connectivity index (χ0v) is 18.0. The number of amides is 6. The van der Waals surface area contributed by atoms with Crippen LogP contribution >= 0.6 is 23.2 Å². The second-order valence-electron chi connectivity index (χ2n) is 7.49. The molecule has 2 saturated heterocycles. The largest absolute Gasteiger partial charge is 0.417 e. The second kappa shape index (κ2) is 6.69. The van der Waals surface area contributed by atoms with Gasteiger partial charge in [-0.3, -0.25) is 14.4 Å². The zero-order valence-electron chi connectivity index (χ0n) is 16.5. The van der Waals surface area contributed by atoms with Crippen LogP contribution in [0.3, 0.4) is 0 Å². The van der Waals surface area contributed by atoms with E-state index in [1.165, 1.54) is 24.3 Å². The first-order chi connectivity index (χ1) is 15.2. The van der Waals surface area contributed by atoms with E-state index in [0.717, 1.165) is 0 Å². The molecule has 3 bridgehead atoms. The van der Waals surface area contributed by atoms with Crippen LogP contribution in [0.15, 0.2) is 42.5 Å². The van der Waals surface area contributed by atoms with Gasteiger partial charge < -0.3 is 0 Å². The zero-order chi connectivity index (χ0) is 23.0. The molecule has 2 aromatic rings. The van der Waals surface area contributed by atoms with Gasteiger partial charge in [0.25, 0.3) is 11.4 Å². The van der Waals surface area contributed by atoms with E-state index in [-0.39, 0.29) is 39.3 Å². The first-order valence-electron chi connectivity index (χ1n) is 9.60. The lowest BCUT2D eigenvalue weighted by Crippen LogP contribution is -2.65. The Labute approximate surface area is 191 Å². The molecule has 6 amide bonds. The van der Waals surface area contributed by atoms with Crippen molar-refractivity contribution in [2.45, 2.75) is 19.0 Å². The Kier molecular flexibility index (Phi) is 4.35. The molecule has 1 spiro atoms. The number of halogens is 2. The number of rotatable bonds is 4. The summed E-state index contributed by atoms with van der Waals surface area (Å²) < 4.78 is -1.12. The fraction of sp³-hybridized carbons (Fsp3) is 0.190. The molecule has 0 aliphatic carbocycles. The third-order valence-corrected chi connectivity index (χ3v) is 6.68. The van der Waals surface area contributed by atoms with Crippen LogP contribution in [0.25, 0.3) is 0 Å². The summed E-state index contributed by atoms with van der Waals surface area (Å²) in [6.07, 6.45) is 0. The summed E-state index contributed by atoms with van der Waals surface area (Å²) >= 11 is 12.1. The molecule has 3 aliphatic rings. The molecule has 0 N–H and O–H groups in total. The van der Waals surface area contributed by atoms with E-state index >= 15 is 0 Å². The van der Waals surface area contributed by atoms with E-state index in [1.807, 2.05) is 0 Å². The summed E-state index contributed by atoms with van der Waals surface area (Å²) in [6, 6.07) is 9.49. The van der Waals surface area contributed by atoms with E-state index in [4.69, 9.17) is 28.0 Å². The number of carbonyl (C=O) groups is 5. The third-order valence-electron chi connectivity index (χ3n) is 5.94. The van der Waals surface area contributed by atoms with E-state index in [2.05, 4.69) is 0 Å². The molecule has 0 aromatic heterocycles. The Balaban J connectivity index is 1.84. The molecule has 2 atom stereocenters. The molecule has 162 valence electrons. The van der Waals surface area contributed by atoms with Gasteiger partial charge in [-0.2, -0.15) is 9.96 Å². The van der Waals surface area contributed by atoms with Crippen molar-refractivity contribution in [3.05, 3.63) is 63.6 Å². The van der Waals surface area contributed by atoms with Crippen molar-refractivity contribution in [1.29, 1.82) is 0 Å². The lowest BCUT2D eigenvalue weighted by molar-refractivity contribution is -0.185. The number of fused-ring (bicyclic) bond motifs is 4. The fourth-order valence-corrected chi connectivity index (χ4v) is 4.97. The summed E-state index contributed by atoms with van der Waals surface area (Å²) in [5.41, 5.74) is -1.63. The van der Waals surface area contributed by atoms with Crippen molar-refractivity contribution in [3.8, 4) is 0 Å². The van der Waals surface area contributed by atoms with Crippen molar-refractivity contribution in [1.82, 2.24) is 14.4 Å². The minimum Gasteiger partial charge on any atom is -0.270 e. The standard InChI is InChI=1S/C21H14Cl2N3O6/c1-2-32-25-20(31)24-16(27)17(28)26(10-11-7-8-13(22)14(23)9-11)15-6-4-3-5-12(15)21(25,18(24)29)19(26)30/h3-9H,2,10H2,1H3/q+1. The van der Waals surface area contributed by atoms with Crippen molar-refractivity contribution < 1.29 is 28.8 Å². The normalized spacial score (nSPS) is 26.2. The van der Waals surface area contributed by atoms with Gasteiger partial charge in [0.05, 0.1) is 22.2 Å². The molecule has 5 rings (SSSR count). The quantitative estimate of drug-likeness (QED) is 0.222. The average molecular weight is 475 g/mol. The summed E-state index contributed by atoms with van der Waals surface area (Å²) in [5, 5.41) is 1.08. The van der Waals surface area contributed by atoms with Crippen LogP contribution < -0.4 is 4.48 Å². The van der Waals surface area contributed by atoms with Gasteiger partial charge in [0, 0.05) is 11.6 Å². The van der Waals surface area contributed by atoms with Gasteiger partial charge in [-0.05, 0) is 25.1 Å². The Morgan fingerprint density at radius 1 is 1.00 bits per heavy atom. The van der Waals surface area contributed by atoms with Gasteiger partial charge >= 0.3 is 23.8 Å². The molecular formula is C21H14Cl2N3O6+. The van der Waals surface area contributed by atoms with Crippen LogP contribution in [0.4, 0.5) is 10.5 Å². The number of imide groups is 4. The highest BCUT2D eigenvalue weighted by atomic mass is 35.5. The molecule has 3 aliphatic heterocycles. The Morgan fingerprint density at radius 2 is 1.72 bits per heavy atom. The van der Waals surface area contributed by atoms with Gasteiger partial charge in [0.2, 0.25) is 0 Å². The number of nitrogens with zero attached hydrogens (tertiary/aromatic N) is 3. The number of carbonyl (C=O) groups excluding carboxylic acids is 5. The predicted molar refractivity (Wildman–Crippen MR) is 111 cm³/mol. The monoisotopic (exact) mass is 474 g/mol. The maximum atomic E-state index is 14.1. The van der Waals surface area contributed by atoms with E-state index in [0.29, 0.717) is 10.6 Å². The Morgan fingerprint density at radius 3 is 2.41 bits per heavy atom. The van der Waals surface area contributed by atoms with Gasteiger partial charge in [-0.15, -0.1) is 4.48 Å². The molecule has 9 nitrogen and oxygen atoms in total. The minimum atomic E-state index is -2.29. The van der Waals surface area contributed by atoms with Gasteiger partial charge in [0.1, 0.15) is 6.54 Å². The van der Waals surface area contributed by atoms with Crippen molar-refractivity contribution >= 4 is 58.5 Å². The van der Waals surface area contributed by atoms with Crippen LogP contribution in [-0.2, 0) is 36.1 Å². The lowest BCUT2D eigenvalue weighted by atomic mass is 9.91. The molecule has 3 heterocycles. The van der Waals surface area contributed by atoms with Crippen molar-refractivity contribution in [2.75, 3.05) is 6.61 Å². The summed E-state index contributed by atoms with van der Waals surface area (Å²) in [4.78, 5) is 72.7. The van der Waals surface area contributed by atoms with Crippen LogP contribution in [0, 0.1) is 0 Å². The SMILES string of the molecule is CCON1C(=O)N2C(=O)C(=O)[N+]3(Cc4ccc(Cl)c(Cl)c4)C(=O)C1(C2=O)c1ccccc13. The Hall–Kier alpha value is -3.11. The minimum absolute atomic E-state index is 0.0566. The highest BCUT2D eigenvalue weighted by Crippen LogP contribution is 2.55. The van der Waals surface area contributed by atoms with Crippen LogP contribution in [0.1, 0.15) is 18.1 Å². The highest BCUT2D eigenvalue weighted by Gasteiger charge is 2.83. The van der Waals surface area contributed by atoms with Crippen LogP contribution in [0.5, 0.6) is 0 Å². The maximum Gasteiger partial charge on any atom is 0.417 e. The van der Waals surface area contributed by atoms with Crippen LogP contribution in [-0.4, -0.2) is 46.2 Å². The fourth-order valence-electron chi connectivity index (χ4n) is 4.65.